The molecule has 0 unspecified atom stereocenters. The van der Waals surface area contributed by atoms with Crippen LogP contribution in [-0.4, -0.2) is 18.1 Å². The number of carbonyl (C=O) groups is 2. The first kappa shape index (κ1) is 20.2. The van der Waals surface area contributed by atoms with Crippen molar-refractivity contribution >= 4 is 11.7 Å². The molecule has 8 heteroatoms. The number of aryl methyl sites for hydroxylation is 1. The number of ether oxygens (including phenoxy) is 2. The molecule has 0 radical (unpaired) electrons. The smallest absolute Gasteiger partial charge is 0.457 e. The number of benzene rings is 2. The van der Waals surface area contributed by atoms with Crippen LogP contribution in [-0.2, 0) is 4.79 Å². The fraction of sp³-hybridized carbons (Fsp3) is 0.143. The number of rotatable bonds is 5. The maximum absolute atomic E-state index is 12.7. The van der Waals surface area contributed by atoms with Crippen LogP contribution in [0.2, 0.25) is 0 Å². The Balaban J connectivity index is 1.92. The minimum absolute atomic E-state index is 0.0348. The second-order valence-corrected chi connectivity index (χ2v) is 6.25. The summed E-state index contributed by atoms with van der Waals surface area (Å²) in [4.78, 5) is 24.2. The Morgan fingerprint density at radius 1 is 1.07 bits per heavy atom. The van der Waals surface area contributed by atoms with Crippen LogP contribution in [0.5, 0.6) is 17.2 Å². The molecule has 0 aliphatic heterocycles. The van der Waals surface area contributed by atoms with Crippen molar-refractivity contribution in [3.05, 3.63) is 77.5 Å². The summed E-state index contributed by atoms with van der Waals surface area (Å²) < 4.78 is 47.3. The third kappa shape index (κ3) is 5.71. The van der Waals surface area contributed by atoms with Crippen LogP contribution >= 0.6 is 0 Å². The van der Waals surface area contributed by atoms with E-state index in [0.29, 0.717) is 5.75 Å². The van der Waals surface area contributed by atoms with E-state index in [1.54, 1.807) is 30.3 Å². The lowest BCUT2D eigenvalue weighted by molar-refractivity contribution is -0.274. The van der Waals surface area contributed by atoms with E-state index in [-0.39, 0.29) is 29.2 Å². The lowest BCUT2D eigenvalue weighted by atomic mass is 10.1. The van der Waals surface area contributed by atoms with Crippen LogP contribution in [0.25, 0.3) is 0 Å². The Morgan fingerprint density at radius 3 is 2.41 bits per heavy atom. The van der Waals surface area contributed by atoms with Gasteiger partial charge in [-0.1, -0.05) is 23.8 Å². The van der Waals surface area contributed by atoms with Crippen LogP contribution in [0.4, 0.5) is 13.2 Å². The molecule has 0 aromatic heterocycles. The zero-order valence-electron chi connectivity index (χ0n) is 15.2. The van der Waals surface area contributed by atoms with Crippen molar-refractivity contribution in [1.29, 1.82) is 0 Å². The first-order valence-corrected chi connectivity index (χ1v) is 8.56. The number of carbonyl (C=O) groups excluding carboxylic acids is 2. The van der Waals surface area contributed by atoms with Gasteiger partial charge in [0.15, 0.2) is 5.78 Å². The molecule has 1 aliphatic rings. The summed E-state index contributed by atoms with van der Waals surface area (Å²) in [6.07, 6.45) is -0.334. The Hall–Kier alpha value is -3.55. The van der Waals surface area contributed by atoms with Crippen molar-refractivity contribution in [1.82, 2.24) is 5.32 Å². The summed E-state index contributed by atoms with van der Waals surface area (Å²) in [5.74, 6) is -1.07. The molecule has 5 nitrogen and oxygen atoms in total. The van der Waals surface area contributed by atoms with Gasteiger partial charge in [0.05, 0.1) is 5.56 Å². The molecule has 150 valence electrons. The molecule has 3 rings (SSSR count). The normalized spacial score (nSPS) is 13.7. The van der Waals surface area contributed by atoms with Gasteiger partial charge >= 0.3 is 6.36 Å². The number of ketones is 1. The van der Waals surface area contributed by atoms with Gasteiger partial charge in [-0.25, -0.2) is 0 Å². The standard InChI is InChI=1S/C21H16F3NO4/c1-13-5-7-16(8-6-13)28-19-10-9-17(29-21(22,23)24)12-18(19)20(27)25-14-3-2-4-15(26)11-14/h2-3,5-12H,4H2,1H3,(H,25,27). The third-order valence-corrected chi connectivity index (χ3v) is 3.87. The van der Waals surface area contributed by atoms with Gasteiger partial charge in [-0.2, -0.15) is 0 Å². The van der Waals surface area contributed by atoms with E-state index in [1.165, 1.54) is 18.2 Å². The second-order valence-electron chi connectivity index (χ2n) is 6.25. The van der Waals surface area contributed by atoms with E-state index in [9.17, 15) is 22.8 Å². The van der Waals surface area contributed by atoms with E-state index >= 15 is 0 Å². The van der Waals surface area contributed by atoms with E-state index in [2.05, 4.69) is 10.1 Å². The van der Waals surface area contributed by atoms with Gasteiger partial charge in [0.1, 0.15) is 17.2 Å². The number of amides is 1. The highest BCUT2D eigenvalue weighted by atomic mass is 19.4. The van der Waals surface area contributed by atoms with Crippen molar-refractivity contribution in [2.75, 3.05) is 0 Å². The van der Waals surface area contributed by atoms with Crippen LogP contribution in [0.3, 0.4) is 0 Å². The van der Waals surface area contributed by atoms with Gasteiger partial charge in [-0.3, -0.25) is 9.59 Å². The summed E-state index contributed by atoms with van der Waals surface area (Å²) in [6, 6.07) is 10.1. The van der Waals surface area contributed by atoms with Crippen molar-refractivity contribution in [2.45, 2.75) is 19.7 Å². The number of alkyl halides is 3. The quantitative estimate of drug-likeness (QED) is 0.777. The average molecular weight is 403 g/mol. The van der Waals surface area contributed by atoms with Crippen molar-refractivity contribution in [3.8, 4) is 17.2 Å². The van der Waals surface area contributed by atoms with Gasteiger partial charge in [-0.15, -0.1) is 13.2 Å². The van der Waals surface area contributed by atoms with Gasteiger partial charge in [0.2, 0.25) is 0 Å². The van der Waals surface area contributed by atoms with E-state index in [4.69, 9.17) is 4.74 Å². The number of allylic oxidation sites excluding steroid dienone is 3. The lowest BCUT2D eigenvalue weighted by Crippen LogP contribution is -2.24. The van der Waals surface area contributed by atoms with E-state index in [0.717, 1.165) is 17.7 Å². The molecule has 1 N–H and O–H groups in total. The minimum Gasteiger partial charge on any atom is -0.457 e. The first-order valence-electron chi connectivity index (χ1n) is 8.56. The molecule has 0 saturated carbocycles. The molecule has 1 amide bonds. The third-order valence-electron chi connectivity index (χ3n) is 3.87. The maximum Gasteiger partial charge on any atom is 0.573 e. The van der Waals surface area contributed by atoms with Crippen LogP contribution in [0.15, 0.2) is 66.4 Å². The lowest BCUT2D eigenvalue weighted by Gasteiger charge is -2.15. The van der Waals surface area contributed by atoms with Crippen LogP contribution < -0.4 is 14.8 Å². The monoisotopic (exact) mass is 403 g/mol. The number of hydrogen-bond acceptors (Lipinski definition) is 4. The van der Waals surface area contributed by atoms with Gasteiger partial charge in [0, 0.05) is 18.2 Å². The molecule has 2 aromatic rings. The summed E-state index contributed by atoms with van der Waals surface area (Å²) in [5, 5.41) is 2.49. The van der Waals surface area contributed by atoms with E-state index in [1.807, 2.05) is 6.92 Å². The summed E-state index contributed by atoms with van der Waals surface area (Å²) >= 11 is 0. The van der Waals surface area contributed by atoms with Gasteiger partial charge in [-0.05, 0) is 43.3 Å². The van der Waals surface area contributed by atoms with Crippen molar-refractivity contribution in [2.24, 2.45) is 0 Å². The maximum atomic E-state index is 12.7. The fourth-order valence-electron chi connectivity index (χ4n) is 2.56. The Labute approximate surface area is 164 Å². The second kappa shape index (κ2) is 8.22. The molecule has 0 atom stereocenters. The van der Waals surface area contributed by atoms with Crippen LogP contribution in [0, 0.1) is 6.92 Å². The molecule has 0 spiro atoms. The molecule has 0 bridgehead atoms. The molecule has 0 fully saturated rings. The SMILES string of the molecule is Cc1ccc(Oc2ccc(OC(F)(F)F)cc2C(=O)NC2=CC(=O)CC=C2)cc1. The zero-order chi connectivity index (χ0) is 21.0. The molecule has 1 aliphatic carbocycles. The van der Waals surface area contributed by atoms with Gasteiger partial charge in [0.25, 0.3) is 5.91 Å². The van der Waals surface area contributed by atoms with Crippen molar-refractivity contribution in [3.63, 3.8) is 0 Å². The Bertz CT molecular complexity index is 992. The molecule has 0 saturated heterocycles. The number of halogens is 3. The number of hydrogen-bond donors (Lipinski definition) is 1. The Morgan fingerprint density at radius 2 is 1.76 bits per heavy atom. The average Bonchev–Trinajstić information content (AvgIpc) is 2.63. The Kier molecular flexibility index (Phi) is 5.72. The molecule has 29 heavy (non-hydrogen) atoms. The fourth-order valence-corrected chi connectivity index (χ4v) is 2.56. The zero-order valence-corrected chi connectivity index (χ0v) is 15.2. The summed E-state index contributed by atoms with van der Waals surface area (Å²) in [5.41, 5.74) is 1.04. The molecule has 0 heterocycles. The number of nitrogens with one attached hydrogen (secondary N) is 1. The predicted molar refractivity (Wildman–Crippen MR) is 98.7 cm³/mol. The van der Waals surface area contributed by atoms with Crippen molar-refractivity contribution < 1.29 is 32.2 Å². The summed E-state index contributed by atoms with van der Waals surface area (Å²) in [6.45, 7) is 1.89. The highest BCUT2D eigenvalue weighted by molar-refractivity contribution is 6.00. The summed E-state index contributed by atoms with van der Waals surface area (Å²) in [7, 11) is 0. The van der Waals surface area contributed by atoms with Crippen LogP contribution in [0.1, 0.15) is 22.3 Å². The molecule has 2 aromatic carbocycles. The predicted octanol–water partition coefficient (Wildman–Crippen LogP) is 4.83. The highest BCUT2D eigenvalue weighted by Crippen LogP contribution is 2.31. The largest absolute Gasteiger partial charge is 0.573 e. The molecular weight excluding hydrogens is 387 g/mol. The topological polar surface area (TPSA) is 64.6 Å². The first-order chi connectivity index (χ1) is 13.7. The van der Waals surface area contributed by atoms with E-state index < -0.39 is 18.0 Å². The molecular formula is C21H16F3NO4. The minimum atomic E-state index is -4.91. The highest BCUT2D eigenvalue weighted by Gasteiger charge is 2.31. The van der Waals surface area contributed by atoms with Gasteiger partial charge < -0.3 is 14.8 Å².